The Bertz CT molecular complexity index is 1050. The van der Waals surface area contributed by atoms with Crippen molar-refractivity contribution in [3.8, 4) is 5.69 Å². The van der Waals surface area contributed by atoms with Gasteiger partial charge in [0.25, 0.3) is 5.91 Å². The summed E-state index contributed by atoms with van der Waals surface area (Å²) in [6, 6.07) is 6.59. The minimum Gasteiger partial charge on any atom is -0.368 e. The van der Waals surface area contributed by atoms with E-state index in [0.717, 1.165) is 28.3 Å². The maximum atomic E-state index is 13.0. The van der Waals surface area contributed by atoms with Crippen molar-refractivity contribution in [2.24, 2.45) is 10.7 Å². The molecule has 2 aliphatic heterocycles. The van der Waals surface area contributed by atoms with Crippen LogP contribution in [0.4, 0.5) is 10.7 Å². The van der Waals surface area contributed by atoms with Crippen molar-refractivity contribution in [1.29, 1.82) is 0 Å². The van der Waals surface area contributed by atoms with Crippen molar-refractivity contribution < 1.29 is 19.0 Å². The topological polar surface area (TPSA) is 105 Å². The number of aromatic nitrogens is 2. The molecule has 1 aromatic heterocycles. The van der Waals surface area contributed by atoms with Gasteiger partial charge in [0.05, 0.1) is 0 Å². The average Bonchev–Trinajstić information content (AvgIpc) is 3.17. The molecule has 1 atom stereocenters. The largest absolute Gasteiger partial charge is 0.406 e. The fraction of sp³-hybridized carbons (Fsp3) is 0.316. The van der Waals surface area contributed by atoms with Crippen molar-refractivity contribution in [3.63, 3.8) is 0 Å². The number of nitrogens with two attached hydrogens (primary N) is 1. The van der Waals surface area contributed by atoms with Crippen LogP contribution in [0.3, 0.4) is 0 Å². The van der Waals surface area contributed by atoms with Crippen LogP contribution < -0.4 is 10.3 Å². The number of hydrogen-bond donors (Lipinski definition) is 1. The fourth-order valence-corrected chi connectivity index (χ4v) is 3.81. The number of carbonyl (C=O) groups is 3. The van der Waals surface area contributed by atoms with Crippen LogP contribution in [-0.4, -0.2) is 51.6 Å². The van der Waals surface area contributed by atoms with Crippen LogP contribution in [-0.2, 0) is 16.0 Å². The molecular weight excluding hydrogens is 360 g/mol. The molecule has 2 aromatic rings. The van der Waals surface area contributed by atoms with E-state index >= 15 is 0 Å². The highest BCUT2D eigenvalue weighted by Gasteiger charge is 2.53. The number of primary amides is 1. The van der Waals surface area contributed by atoms with E-state index in [2.05, 4.69) is 18.0 Å². The molecule has 1 unspecified atom stereocenters. The number of amidine groups is 1. The standard InChI is InChI=1S/C19H20N6O3/c1-4-12-7-5-6-8-13(12)25-11(2)9-23-15-16(21-18(23)25)22(3)19(28)24(17(15)27)10-14(20)26/h5-9,15H,4,10H2,1-3H3,(H-,20,26)/p+1. The number of aliphatic imine (C=N–C) groups is 1. The van der Waals surface area contributed by atoms with E-state index in [0.29, 0.717) is 11.8 Å². The first kappa shape index (κ1) is 17.9. The second-order valence-corrected chi connectivity index (χ2v) is 6.90. The van der Waals surface area contributed by atoms with E-state index in [-0.39, 0.29) is 0 Å². The Morgan fingerprint density at radius 2 is 2.00 bits per heavy atom. The Balaban J connectivity index is 1.87. The SMILES string of the molecule is CCc1ccccc1-n1c(C)c[n+]2c1N=C1C2C(=O)N(CC(N)=O)C(=O)N1C. The first-order valence-corrected chi connectivity index (χ1v) is 9.02. The number of fused-ring (bicyclic) bond motifs is 3. The van der Waals surface area contributed by atoms with E-state index in [9.17, 15) is 14.4 Å². The molecule has 1 fully saturated rings. The molecule has 0 spiro atoms. The number of amides is 4. The molecule has 0 radical (unpaired) electrons. The number of imidazole rings is 1. The number of benzene rings is 1. The molecule has 28 heavy (non-hydrogen) atoms. The molecule has 1 aromatic carbocycles. The van der Waals surface area contributed by atoms with Crippen LogP contribution in [0.25, 0.3) is 5.69 Å². The molecular formula is C19H21N6O3+. The monoisotopic (exact) mass is 381 g/mol. The van der Waals surface area contributed by atoms with Crippen LogP contribution in [0.1, 0.15) is 24.2 Å². The van der Waals surface area contributed by atoms with Crippen LogP contribution in [0.5, 0.6) is 0 Å². The fourth-order valence-electron chi connectivity index (χ4n) is 3.81. The van der Waals surface area contributed by atoms with Crippen LogP contribution >= 0.6 is 0 Å². The van der Waals surface area contributed by atoms with Gasteiger partial charge in [-0.15, -0.1) is 0 Å². The van der Waals surface area contributed by atoms with Crippen molar-refractivity contribution in [1.82, 2.24) is 14.4 Å². The molecule has 4 amide bonds. The first-order valence-electron chi connectivity index (χ1n) is 9.02. The number of nitrogens with zero attached hydrogens (tertiary/aromatic N) is 5. The lowest BCUT2D eigenvalue weighted by atomic mass is 10.1. The summed E-state index contributed by atoms with van der Waals surface area (Å²) in [6.07, 6.45) is 2.68. The molecule has 4 rings (SSSR count). The van der Waals surface area contributed by atoms with E-state index < -0.39 is 30.4 Å². The van der Waals surface area contributed by atoms with Gasteiger partial charge in [0.15, 0.2) is 0 Å². The van der Waals surface area contributed by atoms with Crippen LogP contribution in [0, 0.1) is 6.92 Å². The van der Waals surface area contributed by atoms with Gasteiger partial charge < -0.3 is 5.73 Å². The Hall–Kier alpha value is -3.49. The third-order valence-corrected chi connectivity index (χ3v) is 5.14. The smallest absolute Gasteiger partial charge is 0.368 e. The molecule has 0 bridgehead atoms. The summed E-state index contributed by atoms with van der Waals surface area (Å²) in [6.45, 7) is 3.56. The summed E-state index contributed by atoms with van der Waals surface area (Å²) in [4.78, 5) is 43.7. The normalized spacial score (nSPS) is 18.2. The maximum Gasteiger partial charge on any atom is 0.406 e. The van der Waals surface area contributed by atoms with Gasteiger partial charge in [-0.25, -0.2) is 9.36 Å². The Kier molecular flexibility index (Phi) is 4.02. The predicted molar refractivity (Wildman–Crippen MR) is 100 cm³/mol. The number of rotatable bonds is 4. The van der Waals surface area contributed by atoms with Gasteiger partial charge in [-0.2, -0.15) is 4.57 Å². The van der Waals surface area contributed by atoms with Gasteiger partial charge in [0, 0.05) is 7.05 Å². The van der Waals surface area contributed by atoms with E-state index in [1.54, 1.807) is 4.57 Å². The molecule has 2 aliphatic rings. The van der Waals surface area contributed by atoms with Gasteiger partial charge >= 0.3 is 12.0 Å². The van der Waals surface area contributed by atoms with Crippen molar-refractivity contribution in [3.05, 3.63) is 41.7 Å². The van der Waals surface area contributed by atoms with E-state index in [1.807, 2.05) is 35.9 Å². The third kappa shape index (κ3) is 2.43. The predicted octanol–water partition coefficient (Wildman–Crippen LogP) is 0.600. The number of carbonyl (C=O) groups excluding carboxylic acids is 3. The number of para-hydroxylation sites is 1. The molecule has 0 aliphatic carbocycles. The number of imide groups is 1. The van der Waals surface area contributed by atoms with Gasteiger partial charge in [0.1, 0.15) is 24.1 Å². The maximum absolute atomic E-state index is 13.0. The lowest BCUT2D eigenvalue weighted by Crippen LogP contribution is -2.63. The summed E-state index contributed by atoms with van der Waals surface area (Å²) in [5.74, 6) is -0.351. The van der Waals surface area contributed by atoms with Crippen molar-refractivity contribution >= 4 is 29.6 Å². The molecule has 2 N–H and O–H groups in total. The first-order chi connectivity index (χ1) is 13.3. The van der Waals surface area contributed by atoms with Gasteiger partial charge in [-0.05, 0) is 25.0 Å². The number of aryl methyl sites for hydroxylation is 2. The summed E-state index contributed by atoms with van der Waals surface area (Å²) in [5, 5.41) is 0. The Labute approximate surface area is 161 Å². The van der Waals surface area contributed by atoms with Crippen LogP contribution in [0.2, 0.25) is 0 Å². The third-order valence-electron chi connectivity index (χ3n) is 5.14. The number of hydrogen-bond acceptors (Lipinski definition) is 4. The zero-order valence-electron chi connectivity index (χ0n) is 15.9. The Morgan fingerprint density at radius 1 is 1.29 bits per heavy atom. The van der Waals surface area contributed by atoms with Crippen molar-refractivity contribution in [2.75, 3.05) is 13.6 Å². The van der Waals surface area contributed by atoms with Gasteiger partial charge in [-0.1, -0.05) is 30.1 Å². The van der Waals surface area contributed by atoms with Crippen LogP contribution in [0.15, 0.2) is 35.5 Å². The second kappa shape index (κ2) is 6.29. The average molecular weight is 381 g/mol. The Morgan fingerprint density at radius 3 is 2.68 bits per heavy atom. The van der Waals surface area contributed by atoms with Gasteiger partial charge in [0.2, 0.25) is 17.8 Å². The van der Waals surface area contributed by atoms with E-state index in [4.69, 9.17) is 5.73 Å². The lowest BCUT2D eigenvalue weighted by molar-refractivity contribution is -0.676. The number of urea groups is 1. The summed E-state index contributed by atoms with van der Waals surface area (Å²) < 4.78 is 3.73. The summed E-state index contributed by atoms with van der Waals surface area (Å²) in [5.41, 5.74) is 8.25. The highest BCUT2D eigenvalue weighted by atomic mass is 16.2. The highest BCUT2D eigenvalue weighted by molar-refractivity contribution is 6.19. The highest BCUT2D eigenvalue weighted by Crippen LogP contribution is 2.32. The molecule has 0 saturated carbocycles. The quantitative estimate of drug-likeness (QED) is 0.784. The molecule has 3 heterocycles. The second-order valence-electron chi connectivity index (χ2n) is 6.90. The van der Waals surface area contributed by atoms with Gasteiger partial charge in [-0.3, -0.25) is 19.4 Å². The molecule has 1 saturated heterocycles. The van der Waals surface area contributed by atoms with Crippen molar-refractivity contribution in [2.45, 2.75) is 26.3 Å². The zero-order chi connectivity index (χ0) is 20.2. The lowest BCUT2D eigenvalue weighted by Gasteiger charge is -2.32. The minimum absolute atomic E-state index is 0.341. The zero-order valence-corrected chi connectivity index (χ0v) is 15.9. The summed E-state index contributed by atoms with van der Waals surface area (Å²) in [7, 11) is 1.54. The number of likely N-dealkylation sites (N-methyl/N-ethyl adjacent to an activating group) is 1. The summed E-state index contributed by atoms with van der Waals surface area (Å²) >= 11 is 0. The molecule has 144 valence electrons. The van der Waals surface area contributed by atoms with E-state index in [1.165, 1.54) is 11.9 Å². The molecule has 9 heteroatoms. The molecule has 9 nitrogen and oxygen atoms in total. The minimum atomic E-state index is -0.800.